The van der Waals surface area contributed by atoms with Crippen molar-refractivity contribution in [2.45, 2.75) is 64.8 Å². The van der Waals surface area contributed by atoms with E-state index in [1.807, 2.05) is 4.68 Å². The molecule has 1 fully saturated rings. The van der Waals surface area contributed by atoms with Gasteiger partial charge in [-0.15, -0.1) is 5.10 Å². The number of nitrogens with zero attached hydrogens (tertiary/aromatic N) is 4. The molecule has 0 aromatic carbocycles. The second-order valence-electron chi connectivity index (χ2n) is 6.19. The number of unbranched alkanes of at least 4 members (excludes halogenated alkanes) is 1. The maximum Gasteiger partial charge on any atom is 0.154 e. The van der Waals surface area contributed by atoms with Crippen LogP contribution in [0.25, 0.3) is 0 Å². The number of aryl methyl sites for hydroxylation is 1. The smallest absolute Gasteiger partial charge is 0.154 e. The van der Waals surface area contributed by atoms with Crippen molar-refractivity contribution >= 4 is 0 Å². The van der Waals surface area contributed by atoms with Crippen LogP contribution < -0.4 is 5.73 Å². The van der Waals surface area contributed by atoms with Crippen LogP contribution in [0.15, 0.2) is 0 Å². The fourth-order valence-corrected chi connectivity index (χ4v) is 2.73. The summed E-state index contributed by atoms with van der Waals surface area (Å²) in [6, 6.07) is 0. The minimum Gasteiger partial charge on any atom is -0.330 e. The van der Waals surface area contributed by atoms with Gasteiger partial charge in [0.1, 0.15) is 0 Å². The van der Waals surface area contributed by atoms with E-state index >= 15 is 0 Å². The molecule has 1 aromatic rings. The van der Waals surface area contributed by atoms with Crippen LogP contribution in [0.1, 0.15) is 64.1 Å². The lowest BCUT2D eigenvalue weighted by Crippen LogP contribution is -2.22. The monoisotopic (exact) mass is 251 g/mol. The lowest BCUT2D eigenvalue weighted by atomic mass is 9.73. The second kappa shape index (κ2) is 5.78. The van der Waals surface area contributed by atoms with E-state index in [1.54, 1.807) is 0 Å². The average Bonchev–Trinajstić information content (AvgIpc) is 2.78. The molecular formula is C13H25N5. The summed E-state index contributed by atoms with van der Waals surface area (Å²) in [5.74, 6) is 1.63. The second-order valence-corrected chi connectivity index (χ2v) is 6.19. The molecule has 5 heteroatoms. The lowest BCUT2D eigenvalue weighted by Gasteiger charge is -2.33. The Kier molecular flexibility index (Phi) is 4.32. The Morgan fingerprint density at radius 2 is 2.00 bits per heavy atom. The summed E-state index contributed by atoms with van der Waals surface area (Å²) in [6.45, 7) is 6.36. The summed E-state index contributed by atoms with van der Waals surface area (Å²) in [7, 11) is 0. The predicted octanol–water partition coefficient (Wildman–Crippen LogP) is 2.10. The molecule has 2 N–H and O–H groups in total. The standard InChI is InChI=1S/C13H25N5/c1-13(2)7-5-11(6-8-13)12-15-16-17-18(12)10-4-3-9-14/h11H,3-10,14H2,1-2H3. The van der Waals surface area contributed by atoms with E-state index < -0.39 is 0 Å². The Morgan fingerprint density at radius 1 is 1.28 bits per heavy atom. The molecule has 1 aromatic heterocycles. The van der Waals surface area contributed by atoms with Crippen molar-refractivity contribution in [3.05, 3.63) is 5.82 Å². The first-order chi connectivity index (χ1) is 8.62. The normalized spacial score (nSPS) is 20.2. The third-order valence-corrected chi connectivity index (χ3v) is 4.09. The van der Waals surface area contributed by atoms with E-state index in [0.29, 0.717) is 11.3 Å². The van der Waals surface area contributed by atoms with Crippen LogP contribution >= 0.6 is 0 Å². The van der Waals surface area contributed by atoms with Crippen LogP contribution in [0.5, 0.6) is 0 Å². The van der Waals surface area contributed by atoms with Gasteiger partial charge in [0.2, 0.25) is 0 Å². The molecule has 0 bridgehead atoms. The molecule has 0 atom stereocenters. The van der Waals surface area contributed by atoms with Gasteiger partial charge in [0, 0.05) is 12.5 Å². The number of hydrogen-bond donors (Lipinski definition) is 1. The maximum atomic E-state index is 5.52. The highest BCUT2D eigenvalue weighted by molar-refractivity contribution is 4.97. The predicted molar refractivity (Wildman–Crippen MR) is 71.1 cm³/mol. The Balaban J connectivity index is 1.95. The largest absolute Gasteiger partial charge is 0.330 e. The fourth-order valence-electron chi connectivity index (χ4n) is 2.73. The van der Waals surface area contributed by atoms with Crippen molar-refractivity contribution in [1.29, 1.82) is 0 Å². The van der Waals surface area contributed by atoms with Crippen molar-refractivity contribution in [3.63, 3.8) is 0 Å². The third-order valence-electron chi connectivity index (χ3n) is 4.09. The average molecular weight is 251 g/mol. The van der Waals surface area contributed by atoms with E-state index in [2.05, 4.69) is 29.4 Å². The van der Waals surface area contributed by atoms with Gasteiger partial charge >= 0.3 is 0 Å². The van der Waals surface area contributed by atoms with Crippen molar-refractivity contribution in [2.75, 3.05) is 6.54 Å². The first kappa shape index (κ1) is 13.5. The number of tetrazole rings is 1. The zero-order valence-corrected chi connectivity index (χ0v) is 11.6. The van der Waals surface area contributed by atoms with Gasteiger partial charge in [0.15, 0.2) is 5.82 Å². The number of hydrogen-bond acceptors (Lipinski definition) is 4. The van der Waals surface area contributed by atoms with E-state index in [1.165, 1.54) is 25.7 Å². The van der Waals surface area contributed by atoms with Crippen molar-refractivity contribution in [1.82, 2.24) is 20.2 Å². The van der Waals surface area contributed by atoms with E-state index in [4.69, 9.17) is 5.73 Å². The van der Waals surface area contributed by atoms with Gasteiger partial charge in [0.05, 0.1) is 0 Å². The molecule has 0 saturated heterocycles. The molecule has 0 aliphatic heterocycles. The van der Waals surface area contributed by atoms with Crippen molar-refractivity contribution in [2.24, 2.45) is 11.1 Å². The maximum absolute atomic E-state index is 5.52. The van der Waals surface area contributed by atoms with Crippen LogP contribution in [0.3, 0.4) is 0 Å². The minimum absolute atomic E-state index is 0.494. The van der Waals surface area contributed by atoms with Gasteiger partial charge in [-0.3, -0.25) is 0 Å². The van der Waals surface area contributed by atoms with Crippen LogP contribution in [0.4, 0.5) is 0 Å². The molecule has 0 spiro atoms. The van der Waals surface area contributed by atoms with Crippen molar-refractivity contribution in [3.8, 4) is 0 Å². The molecule has 18 heavy (non-hydrogen) atoms. The molecule has 1 aliphatic rings. The Labute approximate surface area is 109 Å². The highest BCUT2D eigenvalue weighted by atomic mass is 15.5. The Bertz CT molecular complexity index is 361. The quantitative estimate of drug-likeness (QED) is 0.814. The molecule has 2 rings (SSSR count). The molecule has 102 valence electrons. The highest BCUT2D eigenvalue weighted by Gasteiger charge is 2.30. The SMILES string of the molecule is CC1(C)CCC(c2nnnn2CCCCN)CC1. The van der Waals surface area contributed by atoms with Crippen molar-refractivity contribution < 1.29 is 0 Å². The van der Waals surface area contributed by atoms with Gasteiger partial charge in [-0.05, 0) is 60.9 Å². The topological polar surface area (TPSA) is 69.6 Å². The summed E-state index contributed by atoms with van der Waals surface area (Å²) in [5.41, 5.74) is 6.01. The highest BCUT2D eigenvalue weighted by Crippen LogP contribution is 2.41. The number of rotatable bonds is 5. The van der Waals surface area contributed by atoms with Gasteiger partial charge in [0.25, 0.3) is 0 Å². The van der Waals surface area contributed by atoms with Gasteiger partial charge in [-0.2, -0.15) is 0 Å². The summed E-state index contributed by atoms with van der Waals surface area (Å²) in [6.07, 6.45) is 7.07. The van der Waals surface area contributed by atoms with Crippen LogP contribution in [-0.4, -0.2) is 26.8 Å². The molecule has 0 unspecified atom stereocenters. The number of nitrogens with two attached hydrogens (primary N) is 1. The fraction of sp³-hybridized carbons (Fsp3) is 0.923. The summed E-state index contributed by atoms with van der Waals surface area (Å²) in [4.78, 5) is 0. The molecule has 5 nitrogen and oxygen atoms in total. The minimum atomic E-state index is 0.494. The third kappa shape index (κ3) is 3.28. The summed E-state index contributed by atoms with van der Waals surface area (Å²) >= 11 is 0. The molecule has 0 radical (unpaired) electrons. The Hall–Kier alpha value is -0.970. The van der Waals surface area contributed by atoms with E-state index in [9.17, 15) is 0 Å². The van der Waals surface area contributed by atoms with Crippen LogP contribution in [-0.2, 0) is 6.54 Å². The van der Waals surface area contributed by atoms with Gasteiger partial charge < -0.3 is 5.73 Å². The summed E-state index contributed by atoms with van der Waals surface area (Å²) < 4.78 is 1.98. The number of aromatic nitrogens is 4. The van der Waals surface area contributed by atoms with Gasteiger partial charge in [-0.25, -0.2) is 4.68 Å². The Morgan fingerprint density at radius 3 is 2.67 bits per heavy atom. The lowest BCUT2D eigenvalue weighted by molar-refractivity contribution is 0.217. The molecule has 1 aliphatic carbocycles. The van der Waals surface area contributed by atoms with Crippen LogP contribution in [0.2, 0.25) is 0 Å². The molecule has 1 saturated carbocycles. The first-order valence-corrected chi connectivity index (χ1v) is 7.08. The first-order valence-electron chi connectivity index (χ1n) is 7.08. The summed E-state index contributed by atoms with van der Waals surface area (Å²) in [5, 5.41) is 12.2. The van der Waals surface area contributed by atoms with E-state index in [-0.39, 0.29) is 0 Å². The molecule has 1 heterocycles. The molecule has 0 amide bonds. The zero-order chi connectivity index (χ0) is 13.0. The molecular weight excluding hydrogens is 226 g/mol. The van der Waals surface area contributed by atoms with E-state index in [0.717, 1.165) is 31.8 Å². The zero-order valence-electron chi connectivity index (χ0n) is 11.6. The van der Waals surface area contributed by atoms with Crippen LogP contribution in [0, 0.1) is 5.41 Å². The van der Waals surface area contributed by atoms with Gasteiger partial charge in [-0.1, -0.05) is 13.8 Å².